The highest BCUT2D eigenvalue weighted by Crippen LogP contribution is 2.07. The lowest BCUT2D eigenvalue weighted by Crippen LogP contribution is -2.47. The Morgan fingerprint density at radius 2 is 2.28 bits per heavy atom. The number of carbonyl (C=O) groups excluding carboxylic acids is 1. The minimum Gasteiger partial charge on any atom is -0.480 e. The molecule has 1 heterocycles. The summed E-state index contributed by atoms with van der Waals surface area (Å²) in [5.74, 6) is -0.999. The van der Waals surface area contributed by atoms with E-state index in [0.717, 1.165) is 12.0 Å². The SMILES string of the molecule is CCC(C)N(CC(=O)O)C(=O)NCc1ccsc1. The number of carbonyl (C=O) groups is 2. The molecule has 0 aliphatic rings. The van der Waals surface area contributed by atoms with Crippen LogP contribution in [0.1, 0.15) is 25.8 Å². The van der Waals surface area contributed by atoms with Crippen LogP contribution < -0.4 is 5.32 Å². The van der Waals surface area contributed by atoms with Crippen molar-refractivity contribution in [2.45, 2.75) is 32.9 Å². The predicted octanol–water partition coefficient (Wildman–Crippen LogP) is 2.14. The van der Waals surface area contributed by atoms with Gasteiger partial charge in [0.2, 0.25) is 0 Å². The summed E-state index contributed by atoms with van der Waals surface area (Å²) < 4.78 is 0. The number of nitrogens with one attached hydrogen (secondary N) is 1. The zero-order valence-electron chi connectivity index (χ0n) is 10.5. The van der Waals surface area contributed by atoms with Gasteiger partial charge in [0.1, 0.15) is 6.54 Å². The van der Waals surface area contributed by atoms with Gasteiger partial charge in [0.05, 0.1) is 0 Å². The minimum absolute atomic E-state index is 0.0939. The van der Waals surface area contributed by atoms with Crippen molar-refractivity contribution in [1.29, 1.82) is 0 Å². The zero-order valence-corrected chi connectivity index (χ0v) is 11.4. The van der Waals surface area contributed by atoms with Crippen molar-refractivity contribution in [3.63, 3.8) is 0 Å². The number of rotatable bonds is 6. The molecule has 18 heavy (non-hydrogen) atoms. The van der Waals surface area contributed by atoms with E-state index in [1.807, 2.05) is 30.7 Å². The fraction of sp³-hybridized carbons (Fsp3) is 0.500. The third-order valence-corrected chi connectivity index (χ3v) is 3.45. The number of aliphatic carboxylic acids is 1. The van der Waals surface area contributed by atoms with E-state index in [0.29, 0.717) is 6.54 Å². The van der Waals surface area contributed by atoms with E-state index in [1.54, 1.807) is 11.3 Å². The largest absolute Gasteiger partial charge is 0.480 e. The Morgan fingerprint density at radius 3 is 2.78 bits per heavy atom. The van der Waals surface area contributed by atoms with Crippen LogP contribution in [0.4, 0.5) is 4.79 Å². The number of hydrogen-bond acceptors (Lipinski definition) is 3. The normalized spacial score (nSPS) is 11.9. The lowest BCUT2D eigenvalue weighted by Gasteiger charge is -2.27. The number of nitrogens with zero attached hydrogens (tertiary/aromatic N) is 1. The molecule has 1 aromatic heterocycles. The van der Waals surface area contributed by atoms with Crippen LogP contribution in [0.15, 0.2) is 16.8 Å². The lowest BCUT2D eigenvalue weighted by molar-refractivity contribution is -0.138. The molecule has 0 saturated heterocycles. The molecule has 0 fully saturated rings. The van der Waals surface area contributed by atoms with E-state index in [1.165, 1.54) is 4.90 Å². The average molecular weight is 270 g/mol. The third-order valence-electron chi connectivity index (χ3n) is 2.71. The Labute approximate surface area is 110 Å². The number of urea groups is 1. The highest BCUT2D eigenvalue weighted by molar-refractivity contribution is 7.07. The van der Waals surface area contributed by atoms with E-state index in [-0.39, 0.29) is 18.6 Å². The second-order valence-electron chi connectivity index (χ2n) is 4.07. The molecule has 6 heteroatoms. The monoisotopic (exact) mass is 270 g/mol. The number of thiophene rings is 1. The molecule has 5 nitrogen and oxygen atoms in total. The van der Waals surface area contributed by atoms with Crippen LogP contribution in [-0.2, 0) is 11.3 Å². The quantitative estimate of drug-likeness (QED) is 0.832. The van der Waals surface area contributed by atoms with Crippen molar-refractivity contribution < 1.29 is 14.7 Å². The third kappa shape index (κ3) is 4.37. The standard InChI is InChI=1S/C12H18N2O3S/c1-3-9(2)14(7-11(15)16)12(17)13-6-10-4-5-18-8-10/h4-5,8-9H,3,6-7H2,1-2H3,(H,13,17)(H,15,16). The molecule has 0 bridgehead atoms. The van der Waals surface area contributed by atoms with Gasteiger partial charge in [-0.3, -0.25) is 4.79 Å². The topological polar surface area (TPSA) is 69.6 Å². The average Bonchev–Trinajstić information content (AvgIpc) is 2.85. The summed E-state index contributed by atoms with van der Waals surface area (Å²) in [6.07, 6.45) is 0.721. The van der Waals surface area contributed by atoms with Gasteiger partial charge in [0.25, 0.3) is 0 Å². The van der Waals surface area contributed by atoms with E-state index in [2.05, 4.69) is 5.32 Å². The predicted molar refractivity (Wildman–Crippen MR) is 70.6 cm³/mol. The molecule has 100 valence electrons. The first-order valence-corrected chi connectivity index (χ1v) is 6.76. The molecular formula is C12H18N2O3S. The Balaban J connectivity index is 2.55. The van der Waals surface area contributed by atoms with Crippen LogP contribution in [-0.4, -0.2) is 34.6 Å². The van der Waals surface area contributed by atoms with Crippen LogP contribution in [0, 0.1) is 0 Å². The first kappa shape index (κ1) is 14.5. The zero-order chi connectivity index (χ0) is 13.5. The number of carboxylic acid groups (broad SMARTS) is 1. The van der Waals surface area contributed by atoms with Crippen LogP contribution in [0.5, 0.6) is 0 Å². The summed E-state index contributed by atoms with van der Waals surface area (Å²) in [6, 6.07) is 1.50. The van der Waals surface area contributed by atoms with E-state index in [4.69, 9.17) is 5.11 Å². The smallest absolute Gasteiger partial charge is 0.323 e. The molecule has 0 aliphatic carbocycles. The molecule has 0 saturated carbocycles. The molecule has 1 aromatic rings. The van der Waals surface area contributed by atoms with Gasteiger partial charge in [0.15, 0.2) is 0 Å². The van der Waals surface area contributed by atoms with E-state index >= 15 is 0 Å². The Morgan fingerprint density at radius 1 is 1.56 bits per heavy atom. The maximum atomic E-state index is 11.9. The van der Waals surface area contributed by atoms with Gasteiger partial charge in [0, 0.05) is 12.6 Å². The summed E-state index contributed by atoms with van der Waals surface area (Å²) in [6.45, 7) is 3.91. The fourth-order valence-corrected chi connectivity index (χ4v) is 2.13. The molecule has 0 aliphatic heterocycles. The van der Waals surface area contributed by atoms with Gasteiger partial charge in [-0.2, -0.15) is 11.3 Å². The molecule has 1 atom stereocenters. The highest BCUT2D eigenvalue weighted by atomic mass is 32.1. The van der Waals surface area contributed by atoms with Crippen molar-refractivity contribution >= 4 is 23.3 Å². The van der Waals surface area contributed by atoms with Gasteiger partial charge in [-0.15, -0.1) is 0 Å². The fourth-order valence-electron chi connectivity index (χ4n) is 1.47. The van der Waals surface area contributed by atoms with Crippen molar-refractivity contribution in [2.75, 3.05) is 6.54 Å². The van der Waals surface area contributed by atoms with Gasteiger partial charge < -0.3 is 15.3 Å². The van der Waals surface area contributed by atoms with E-state index in [9.17, 15) is 9.59 Å². The summed E-state index contributed by atoms with van der Waals surface area (Å²) in [5.41, 5.74) is 1.02. The lowest BCUT2D eigenvalue weighted by atomic mass is 10.2. The summed E-state index contributed by atoms with van der Waals surface area (Å²) in [7, 11) is 0. The van der Waals surface area contributed by atoms with Crippen LogP contribution in [0.25, 0.3) is 0 Å². The van der Waals surface area contributed by atoms with Gasteiger partial charge in [-0.25, -0.2) is 4.79 Å². The van der Waals surface area contributed by atoms with Crippen molar-refractivity contribution in [3.05, 3.63) is 22.4 Å². The van der Waals surface area contributed by atoms with Crippen molar-refractivity contribution in [1.82, 2.24) is 10.2 Å². The van der Waals surface area contributed by atoms with Crippen LogP contribution in [0.3, 0.4) is 0 Å². The van der Waals surface area contributed by atoms with Gasteiger partial charge in [-0.1, -0.05) is 6.92 Å². The Bertz CT molecular complexity index is 392. The van der Waals surface area contributed by atoms with Crippen molar-refractivity contribution in [2.24, 2.45) is 0 Å². The molecule has 0 aromatic carbocycles. The van der Waals surface area contributed by atoms with E-state index < -0.39 is 5.97 Å². The second kappa shape index (κ2) is 7.00. The molecule has 2 amide bonds. The molecule has 2 N–H and O–H groups in total. The summed E-state index contributed by atoms with van der Waals surface area (Å²) >= 11 is 1.56. The highest BCUT2D eigenvalue weighted by Gasteiger charge is 2.21. The summed E-state index contributed by atoms with van der Waals surface area (Å²) in [4.78, 5) is 24.0. The first-order valence-electron chi connectivity index (χ1n) is 5.82. The molecular weight excluding hydrogens is 252 g/mol. The second-order valence-corrected chi connectivity index (χ2v) is 4.85. The van der Waals surface area contributed by atoms with Gasteiger partial charge in [-0.05, 0) is 35.7 Å². The van der Waals surface area contributed by atoms with Gasteiger partial charge >= 0.3 is 12.0 Å². The molecule has 0 spiro atoms. The number of hydrogen-bond donors (Lipinski definition) is 2. The Kier molecular flexibility index (Phi) is 5.64. The Hall–Kier alpha value is -1.56. The number of carboxylic acids is 1. The summed E-state index contributed by atoms with van der Waals surface area (Å²) in [5, 5.41) is 15.4. The molecule has 1 unspecified atom stereocenters. The first-order chi connectivity index (χ1) is 8.54. The molecule has 1 rings (SSSR count). The number of amides is 2. The maximum absolute atomic E-state index is 11.9. The maximum Gasteiger partial charge on any atom is 0.323 e. The van der Waals surface area contributed by atoms with Crippen molar-refractivity contribution in [3.8, 4) is 0 Å². The van der Waals surface area contributed by atoms with Crippen LogP contribution in [0.2, 0.25) is 0 Å². The van der Waals surface area contributed by atoms with Crippen LogP contribution >= 0.6 is 11.3 Å². The minimum atomic E-state index is -0.999. The molecule has 0 radical (unpaired) electrons.